The Morgan fingerprint density at radius 3 is 3.00 bits per heavy atom. The van der Waals surface area contributed by atoms with Gasteiger partial charge in [-0.25, -0.2) is 0 Å². The van der Waals surface area contributed by atoms with Crippen LogP contribution in [0, 0.1) is 0 Å². The Morgan fingerprint density at radius 2 is 2.24 bits per heavy atom. The zero-order valence-corrected chi connectivity index (χ0v) is 11.4. The maximum atomic E-state index is 5.96. The third-order valence-electron chi connectivity index (χ3n) is 2.70. The van der Waals surface area contributed by atoms with Crippen LogP contribution in [0.3, 0.4) is 0 Å². The molecule has 2 aromatic rings. The second-order valence-electron chi connectivity index (χ2n) is 4.03. The van der Waals surface area contributed by atoms with Gasteiger partial charge in [0.25, 0.3) is 0 Å². The summed E-state index contributed by atoms with van der Waals surface area (Å²) in [5.74, 6) is 0. The summed E-state index contributed by atoms with van der Waals surface area (Å²) >= 11 is 3.42. The van der Waals surface area contributed by atoms with E-state index in [2.05, 4.69) is 33.2 Å². The van der Waals surface area contributed by atoms with E-state index in [0.29, 0.717) is 0 Å². The number of halogens is 1. The molecule has 0 unspecified atom stereocenters. The number of hydrogen-bond acceptors (Lipinski definition) is 3. The molecule has 0 bridgehead atoms. The number of nitrogens with two attached hydrogens (primary N) is 1. The lowest BCUT2D eigenvalue weighted by Gasteiger charge is -2.10. The summed E-state index contributed by atoms with van der Waals surface area (Å²) in [6.07, 6.45) is 4.13. The molecule has 0 saturated heterocycles. The van der Waals surface area contributed by atoms with E-state index in [-0.39, 0.29) is 0 Å². The van der Waals surface area contributed by atoms with Crippen molar-refractivity contribution in [3.05, 3.63) is 28.9 Å². The van der Waals surface area contributed by atoms with Crippen LogP contribution in [0.15, 0.2) is 28.9 Å². The fourth-order valence-electron chi connectivity index (χ4n) is 1.76. The van der Waals surface area contributed by atoms with Crippen LogP contribution in [0.1, 0.15) is 19.8 Å². The number of nitrogens with zero attached hydrogens (tertiary/aromatic N) is 1. The minimum Gasteiger partial charge on any atom is -0.398 e. The molecule has 3 N–H and O–H groups in total. The Balaban J connectivity index is 2.40. The van der Waals surface area contributed by atoms with Gasteiger partial charge in [-0.2, -0.15) is 0 Å². The molecule has 0 saturated carbocycles. The number of anilines is 2. The highest BCUT2D eigenvalue weighted by atomic mass is 79.9. The molecule has 0 aliphatic heterocycles. The number of hydrogen-bond donors (Lipinski definition) is 2. The average Bonchev–Trinajstić information content (AvgIpc) is 2.33. The predicted molar refractivity (Wildman–Crippen MR) is 77.3 cm³/mol. The first-order chi connectivity index (χ1) is 8.22. The SMILES string of the molecule is CCCCNc1ccc(N)c2cc(Br)cnc12. The average molecular weight is 294 g/mol. The monoisotopic (exact) mass is 293 g/mol. The summed E-state index contributed by atoms with van der Waals surface area (Å²) < 4.78 is 0.947. The van der Waals surface area contributed by atoms with Crippen LogP contribution in [0.4, 0.5) is 11.4 Å². The third-order valence-corrected chi connectivity index (χ3v) is 3.13. The molecule has 0 aliphatic carbocycles. The number of unbranched alkanes of at least 4 members (excludes halogenated alkanes) is 1. The first-order valence-electron chi connectivity index (χ1n) is 5.80. The quantitative estimate of drug-likeness (QED) is 0.666. The Bertz CT molecular complexity index is 525. The minimum absolute atomic E-state index is 0.759. The molecule has 0 radical (unpaired) electrons. The molecule has 1 heterocycles. The van der Waals surface area contributed by atoms with Gasteiger partial charge in [-0.15, -0.1) is 0 Å². The van der Waals surface area contributed by atoms with Gasteiger partial charge in [-0.3, -0.25) is 4.98 Å². The van der Waals surface area contributed by atoms with Gasteiger partial charge in [0.2, 0.25) is 0 Å². The third kappa shape index (κ3) is 2.69. The van der Waals surface area contributed by atoms with E-state index in [0.717, 1.165) is 39.7 Å². The predicted octanol–water partition coefficient (Wildman–Crippen LogP) is 3.79. The summed E-state index contributed by atoms with van der Waals surface area (Å²) in [4.78, 5) is 4.43. The van der Waals surface area contributed by atoms with Crippen molar-refractivity contribution in [2.45, 2.75) is 19.8 Å². The van der Waals surface area contributed by atoms with Crippen LogP contribution in [-0.4, -0.2) is 11.5 Å². The van der Waals surface area contributed by atoms with E-state index in [4.69, 9.17) is 5.73 Å². The van der Waals surface area contributed by atoms with E-state index < -0.39 is 0 Å². The standard InChI is InChI=1S/C13H16BrN3/c1-2-3-6-16-12-5-4-11(15)10-7-9(14)8-17-13(10)12/h4-5,7-8,16H,2-3,6,15H2,1H3. The molecule has 1 aromatic carbocycles. The molecule has 0 amide bonds. The van der Waals surface area contributed by atoms with Crippen LogP contribution >= 0.6 is 15.9 Å². The van der Waals surface area contributed by atoms with Gasteiger partial charge in [0.1, 0.15) is 0 Å². The largest absolute Gasteiger partial charge is 0.398 e. The van der Waals surface area contributed by atoms with Crippen molar-refractivity contribution < 1.29 is 0 Å². The molecule has 2 rings (SSSR count). The van der Waals surface area contributed by atoms with Crippen molar-refractivity contribution >= 4 is 38.2 Å². The van der Waals surface area contributed by atoms with E-state index in [1.165, 1.54) is 6.42 Å². The van der Waals surface area contributed by atoms with Gasteiger partial charge in [0, 0.05) is 28.3 Å². The fourth-order valence-corrected chi connectivity index (χ4v) is 2.09. The second-order valence-corrected chi connectivity index (χ2v) is 4.95. The van der Waals surface area contributed by atoms with Crippen LogP contribution in [0.5, 0.6) is 0 Å². The number of pyridine rings is 1. The molecule has 90 valence electrons. The van der Waals surface area contributed by atoms with E-state index in [9.17, 15) is 0 Å². The normalized spacial score (nSPS) is 10.7. The zero-order chi connectivity index (χ0) is 12.3. The van der Waals surface area contributed by atoms with Crippen LogP contribution in [0.25, 0.3) is 10.9 Å². The lowest BCUT2D eigenvalue weighted by atomic mass is 10.1. The van der Waals surface area contributed by atoms with Gasteiger partial charge >= 0.3 is 0 Å². The van der Waals surface area contributed by atoms with E-state index in [1.807, 2.05) is 18.2 Å². The maximum absolute atomic E-state index is 5.96. The number of nitrogens with one attached hydrogen (secondary N) is 1. The van der Waals surface area contributed by atoms with Crippen molar-refractivity contribution in [2.75, 3.05) is 17.6 Å². The summed E-state index contributed by atoms with van der Waals surface area (Å²) in [6, 6.07) is 5.92. The Hall–Kier alpha value is -1.29. The number of nitrogen functional groups attached to an aromatic ring is 1. The highest BCUT2D eigenvalue weighted by molar-refractivity contribution is 9.10. The number of rotatable bonds is 4. The molecule has 4 heteroatoms. The van der Waals surface area contributed by atoms with Crippen molar-refractivity contribution in [1.29, 1.82) is 0 Å². The fraction of sp³-hybridized carbons (Fsp3) is 0.308. The van der Waals surface area contributed by atoms with Crippen LogP contribution < -0.4 is 11.1 Å². The first kappa shape index (κ1) is 12.2. The van der Waals surface area contributed by atoms with Crippen molar-refractivity contribution in [1.82, 2.24) is 4.98 Å². The molecule has 0 aliphatic rings. The first-order valence-corrected chi connectivity index (χ1v) is 6.59. The summed E-state index contributed by atoms with van der Waals surface area (Å²) in [6.45, 7) is 3.14. The lowest BCUT2D eigenvalue weighted by molar-refractivity contribution is 0.835. The molecule has 3 nitrogen and oxygen atoms in total. The van der Waals surface area contributed by atoms with E-state index >= 15 is 0 Å². The van der Waals surface area contributed by atoms with Gasteiger partial charge < -0.3 is 11.1 Å². The minimum atomic E-state index is 0.759. The van der Waals surface area contributed by atoms with Crippen LogP contribution in [0.2, 0.25) is 0 Å². The van der Waals surface area contributed by atoms with Crippen molar-refractivity contribution in [3.8, 4) is 0 Å². The molecule has 1 aromatic heterocycles. The Kier molecular flexibility index (Phi) is 3.84. The summed E-state index contributed by atoms with van der Waals surface area (Å²) in [5.41, 5.74) is 8.70. The summed E-state index contributed by atoms with van der Waals surface area (Å²) in [5, 5.41) is 4.39. The van der Waals surface area contributed by atoms with E-state index in [1.54, 1.807) is 6.20 Å². The van der Waals surface area contributed by atoms with Crippen LogP contribution in [-0.2, 0) is 0 Å². The molecular formula is C13H16BrN3. The molecular weight excluding hydrogens is 278 g/mol. The highest BCUT2D eigenvalue weighted by Crippen LogP contribution is 2.28. The number of benzene rings is 1. The second kappa shape index (κ2) is 5.36. The Morgan fingerprint density at radius 1 is 1.41 bits per heavy atom. The smallest absolute Gasteiger partial charge is 0.0954 e. The molecule has 0 atom stereocenters. The topological polar surface area (TPSA) is 50.9 Å². The molecule has 17 heavy (non-hydrogen) atoms. The van der Waals surface area contributed by atoms with Gasteiger partial charge in [-0.1, -0.05) is 13.3 Å². The van der Waals surface area contributed by atoms with Gasteiger partial charge in [-0.05, 0) is 40.5 Å². The lowest BCUT2D eigenvalue weighted by Crippen LogP contribution is -2.02. The number of fused-ring (bicyclic) bond motifs is 1. The molecule has 0 spiro atoms. The highest BCUT2D eigenvalue weighted by Gasteiger charge is 2.05. The Labute approximate surface area is 110 Å². The van der Waals surface area contributed by atoms with Crippen molar-refractivity contribution in [2.24, 2.45) is 0 Å². The van der Waals surface area contributed by atoms with Gasteiger partial charge in [0.05, 0.1) is 11.2 Å². The zero-order valence-electron chi connectivity index (χ0n) is 9.83. The van der Waals surface area contributed by atoms with Gasteiger partial charge in [0.15, 0.2) is 0 Å². The number of aromatic nitrogens is 1. The maximum Gasteiger partial charge on any atom is 0.0954 e. The molecule has 0 fully saturated rings. The summed E-state index contributed by atoms with van der Waals surface area (Å²) in [7, 11) is 0. The van der Waals surface area contributed by atoms with Crippen molar-refractivity contribution in [3.63, 3.8) is 0 Å².